The van der Waals surface area contributed by atoms with E-state index < -0.39 is 0 Å². The summed E-state index contributed by atoms with van der Waals surface area (Å²) in [6, 6.07) is 1.73. The van der Waals surface area contributed by atoms with Gasteiger partial charge in [-0.25, -0.2) is 0 Å². The minimum absolute atomic E-state index is 0.102. The minimum atomic E-state index is -0.102. The molecule has 0 saturated carbocycles. The number of rotatable bonds is 5. The summed E-state index contributed by atoms with van der Waals surface area (Å²) in [7, 11) is 0. The summed E-state index contributed by atoms with van der Waals surface area (Å²) in [6.07, 6.45) is 3.16. The molecular formula is C10H11BrCl2N2O. The van der Waals surface area contributed by atoms with E-state index in [9.17, 15) is 4.79 Å². The van der Waals surface area contributed by atoms with Gasteiger partial charge in [0.05, 0.1) is 5.56 Å². The van der Waals surface area contributed by atoms with Gasteiger partial charge >= 0.3 is 0 Å². The predicted molar refractivity (Wildman–Crippen MR) is 69.3 cm³/mol. The van der Waals surface area contributed by atoms with Crippen LogP contribution >= 0.6 is 39.1 Å². The number of nitrogens with zero attached hydrogens (tertiary/aromatic N) is 2. The fourth-order valence-electron chi connectivity index (χ4n) is 1.23. The van der Waals surface area contributed by atoms with Gasteiger partial charge in [0.1, 0.15) is 0 Å². The van der Waals surface area contributed by atoms with E-state index in [2.05, 4.69) is 20.9 Å². The van der Waals surface area contributed by atoms with Crippen molar-refractivity contribution >= 4 is 45.0 Å². The molecular weight excluding hydrogens is 315 g/mol. The summed E-state index contributed by atoms with van der Waals surface area (Å²) in [5.74, 6) is 0.684. The molecule has 1 amide bonds. The molecule has 0 N–H and O–H groups in total. The molecule has 1 aromatic heterocycles. The molecule has 0 saturated heterocycles. The summed E-state index contributed by atoms with van der Waals surface area (Å²) in [5, 5.41) is 0. The Morgan fingerprint density at radius 1 is 1.31 bits per heavy atom. The molecule has 88 valence electrons. The third kappa shape index (κ3) is 3.92. The molecule has 0 aliphatic rings. The number of amides is 1. The van der Waals surface area contributed by atoms with Crippen LogP contribution in [0.1, 0.15) is 10.4 Å². The number of carbonyl (C=O) groups is 1. The van der Waals surface area contributed by atoms with Crippen molar-refractivity contribution in [1.29, 1.82) is 0 Å². The van der Waals surface area contributed by atoms with Gasteiger partial charge in [0.2, 0.25) is 0 Å². The zero-order chi connectivity index (χ0) is 12.0. The molecule has 0 spiro atoms. The Bertz CT molecular complexity index is 356. The van der Waals surface area contributed by atoms with Crippen molar-refractivity contribution in [3.05, 3.63) is 28.5 Å². The third-order valence-corrected chi connectivity index (χ3v) is 2.72. The fourth-order valence-corrected chi connectivity index (χ4v) is 2.00. The van der Waals surface area contributed by atoms with E-state index in [1.807, 2.05) is 0 Å². The maximum Gasteiger partial charge on any atom is 0.255 e. The number of hydrogen-bond donors (Lipinski definition) is 0. The highest BCUT2D eigenvalue weighted by atomic mass is 79.9. The van der Waals surface area contributed by atoms with E-state index >= 15 is 0 Å². The van der Waals surface area contributed by atoms with E-state index in [1.165, 1.54) is 6.20 Å². The fraction of sp³-hybridized carbons (Fsp3) is 0.400. The van der Waals surface area contributed by atoms with Crippen molar-refractivity contribution in [3.63, 3.8) is 0 Å². The van der Waals surface area contributed by atoms with Gasteiger partial charge in [0, 0.05) is 41.7 Å². The van der Waals surface area contributed by atoms with Gasteiger partial charge in [0.15, 0.2) is 0 Å². The summed E-state index contributed by atoms with van der Waals surface area (Å²) >= 11 is 14.5. The molecule has 0 aromatic carbocycles. The molecule has 0 bridgehead atoms. The van der Waals surface area contributed by atoms with Crippen LogP contribution in [0.15, 0.2) is 22.9 Å². The topological polar surface area (TPSA) is 33.2 Å². The maximum atomic E-state index is 12.0. The minimum Gasteiger partial charge on any atom is -0.336 e. The smallest absolute Gasteiger partial charge is 0.255 e. The maximum absolute atomic E-state index is 12.0. The zero-order valence-electron chi connectivity index (χ0n) is 8.50. The third-order valence-electron chi connectivity index (χ3n) is 1.95. The zero-order valence-corrected chi connectivity index (χ0v) is 11.6. The van der Waals surface area contributed by atoms with Crippen LogP contribution in [0.25, 0.3) is 0 Å². The highest BCUT2D eigenvalue weighted by Crippen LogP contribution is 2.11. The van der Waals surface area contributed by atoms with E-state index in [0.29, 0.717) is 30.4 Å². The van der Waals surface area contributed by atoms with Crippen molar-refractivity contribution in [1.82, 2.24) is 9.88 Å². The van der Waals surface area contributed by atoms with Crippen LogP contribution in [-0.2, 0) is 0 Å². The lowest BCUT2D eigenvalue weighted by Crippen LogP contribution is -2.34. The molecule has 1 rings (SSSR count). The number of aromatic nitrogens is 1. The standard InChI is InChI=1S/C10H11BrCl2N2O/c11-9-5-8(6-14-7-9)10(16)15(3-1-12)4-2-13/h5-7H,1-4H2. The lowest BCUT2D eigenvalue weighted by molar-refractivity contribution is 0.0774. The number of pyridine rings is 1. The quantitative estimate of drug-likeness (QED) is 0.780. The number of halogens is 3. The molecule has 0 unspecified atom stereocenters. The van der Waals surface area contributed by atoms with Crippen molar-refractivity contribution in [2.45, 2.75) is 0 Å². The van der Waals surface area contributed by atoms with Crippen LogP contribution < -0.4 is 0 Å². The van der Waals surface area contributed by atoms with Crippen LogP contribution in [0.3, 0.4) is 0 Å². The average molecular weight is 326 g/mol. The normalized spacial score (nSPS) is 10.2. The van der Waals surface area contributed by atoms with E-state index in [1.54, 1.807) is 17.2 Å². The van der Waals surface area contributed by atoms with Gasteiger partial charge in [-0.3, -0.25) is 9.78 Å². The van der Waals surface area contributed by atoms with Gasteiger partial charge in [-0.05, 0) is 22.0 Å². The summed E-state index contributed by atoms with van der Waals surface area (Å²) < 4.78 is 0.773. The Kier molecular flexibility index (Phi) is 6.09. The average Bonchev–Trinajstić information content (AvgIpc) is 2.28. The summed E-state index contributed by atoms with van der Waals surface area (Å²) in [5.41, 5.74) is 0.532. The van der Waals surface area contributed by atoms with Crippen LogP contribution in [0.5, 0.6) is 0 Å². The molecule has 0 fully saturated rings. The molecule has 16 heavy (non-hydrogen) atoms. The lowest BCUT2D eigenvalue weighted by Gasteiger charge is -2.20. The van der Waals surface area contributed by atoms with Gasteiger partial charge < -0.3 is 4.90 Å². The van der Waals surface area contributed by atoms with Gasteiger partial charge in [0.25, 0.3) is 5.91 Å². The highest BCUT2D eigenvalue weighted by molar-refractivity contribution is 9.10. The lowest BCUT2D eigenvalue weighted by atomic mass is 10.2. The monoisotopic (exact) mass is 324 g/mol. The Balaban J connectivity index is 2.81. The number of carbonyl (C=O) groups excluding carboxylic acids is 1. The first-order chi connectivity index (χ1) is 7.69. The Labute approximate surface area is 113 Å². The second-order valence-electron chi connectivity index (χ2n) is 3.06. The highest BCUT2D eigenvalue weighted by Gasteiger charge is 2.15. The van der Waals surface area contributed by atoms with Crippen LogP contribution in [0.4, 0.5) is 0 Å². The van der Waals surface area contributed by atoms with Crippen molar-refractivity contribution in [3.8, 4) is 0 Å². The van der Waals surface area contributed by atoms with Crippen LogP contribution in [0.2, 0.25) is 0 Å². The Hall–Kier alpha value is -0.320. The first-order valence-corrected chi connectivity index (χ1v) is 6.57. The predicted octanol–water partition coefficient (Wildman–Crippen LogP) is 2.76. The molecule has 0 atom stereocenters. The van der Waals surface area contributed by atoms with E-state index in [0.717, 1.165) is 4.47 Å². The number of alkyl halides is 2. The van der Waals surface area contributed by atoms with Crippen molar-refractivity contribution in [2.75, 3.05) is 24.8 Å². The van der Waals surface area contributed by atoms with Crippen LogP contribution in [-0.4, -0.2) is 40.6 Å². The van der Waals surface area contributed by atoms with Gasteiger partial charge in [-0.15, -0.1) is 23.2 Å². The second kappa shape index (κ2) is 7.09. The van der Waals surface area contributed by atoms with E-state index in [-0.39, 0.29) is 5.91 Å². The summed E-state index contributed by atoms with van der Waals surface area (Å²) in [6.45, 7) is 0.971. The van der Waals surface area contributed by atoms with Gasteiger partial charge in [-0.2, -0.15) is 0 Å². The molecule has 0 aliphatic heterocycles. The molecule has 0 radical (unpaired) electrons. The number of hydrogen-bond acceptors (Lipinski definition) is 2. The molecule has 6 heteroatoms. The first kappa shape index (κ1) is 13.7. The van der Waals surface area contributed by atoms with Gasteiger partial charge in [-0.1, -0.05) is 0 Å². The Morgan fingerprint density at radius 3 is 2.44 bits per heavy atom. The SMILES string of the molecule is O=C(c1cncc(Br)c1)N(CCCl)CCCl. The largest absolute Gasteiger partial charge is 0.336 e. The first-order valence-electron chi connectivity index (χ1n) is 4.70. The van der Waals surface area contributed by atoms with Crippen molar-refractivity contribution in [2.24, 2.45) is 0 Å². The Morgan fingerprint density at radius 2 is 1.94 bits per heavy atom. The second-order valence-corrected chi connectivity index (χ2v) is 4.73. The molecule has 0 aliphatic carbocycles. The van der Waals surface area contributed by atoms with Crippen molar-refractivity contribution < 1.29 is 4.79 Å². The molecule has 1 aromatic rings. The summed E-state index contributed by atoms with van der Waals surface area (Å²) in [4.78, 5) is 17.6. The molecule has 3 nitrogen and oxygen atoms in total. The van der Waals surface area contributed by atoms with Crippen LogP contribution in [0, 0.1) is 0 Å². The molecule has 1 heterocycles. The van der Waals surface area contributed by atoms with E-state index in [4.69, 9.17) is 23.2 Å².